The average Bonchev–Trinajstić information content (AvgIpc) is 3.11. The van der Waals surface area contributed by atoms with E-state index < -0.39 is 0 Å². The number of nitrogen functional groups attached to an aromatic ring is 1. The quantitative estimate of drug-likeness (QED) is 0.0478. The molecule has 0 radical (unpaired) electrons. The van der Waals surface area contributed by atoms with E-state index in [9.17, 15) is 47.9 Å². The highest BCUT2D eigenvalue weighted by atomic mass is 35.5. The normalized spacial score (nSPS) is 10.0. The molecule has 304 valence electrons. The van der Waals surface area contributed by atoms with Crippen LogP contribution >= 0.6 is 23.2 Å². The number of nitrogens with one attached hydrogen (secondary N) is 2. The molecule has 0 bridgehead atoms. The Morgan fingerprint density at radius 2 is 0.632 bits per heavy atom. The van der Waals surface area contributed by atoms with Crippen molar-refractivity contribution in [3.63, 3.8) is 0 Å². The van der Waals surface area contributed by atoms with Crippen LogP contribution in [0, 0.1) is 0 Å². The van der Waals surface area contributed by atoms with E-state index in [1.807, 2.05) is 0 Å². The number of carbonyl (C=O) groups is 10. The van der Waals surface area contributed by atoms with Gasteiger partial charge in [-0.3, -0.25) is 47.9 Å². The molecule has 15 heteroatoms. The zero-order valence-corrected chi connectivity index (χ0v) is 34.3. The first-order valence-electron chi connectivity index (χ1n) is 17.8. The van der Waals surface area contributed by atoms with Crippen molar-refractivity contribution in [2.75, 3.05) is 16.4 Å². The molecule has 0 fully saturated rings. The van der Waals surface area contributed by atoms with Crippen LogP contribution in [0.5, 0.6) is 0 Å². The molecule has 13 nitrogen and oxygen atoms in total. The molecule has 3 aromatic rings. The van der Waals surface area contributed by atoms with Gasteiger partial charge in [0.25, 0.3) is 0 Å². The molecule has 0 heterocycles. The highest BCUT2D eigenvalue weighted by Crippen LogP contribution is 2.19. The van der Waals surface area contributed by atoms with Crippen molar-refractivity contribution < 1.29 is 47.9 Å². The summed E-state index contributed by atoms with van der Waals surface area (Å²) in [6, 6.07) is 13.7. The fraction of sp³-hybridized carbons (Fsp3) is 0.333. The molecule has 3 rings (SSSR count). The summed E-state index contributed by atoms with van der Waals surface area (Å²) in [5.74, 6) is -1.62. The number of nitrogens with two attached hydrogens (primary N) is 1. The number of amides is 2. The summed E-state index contributed by atoms with van der Waals surface area (Å²) < 4.78 is 0. The van der Waals surface area contributed by atoms with E-state index >= 15 is 0 Å². The van der Waals surface area contributed by atoms with Crippen molar-refractivity contribution in [1.29, 1.82) is 0 Å². The Hall–Kier alpha value is -5.66. The summed E-state index contributed by atoms with van der Waals surface area (Å²) in [5.41, 5.74) is 9.00. The number of rotatable bonds is 18. The maximum absolute atomic E-state index is 12.3. The SMILES string of the molecule is CC(=O)c1cc(N)cc(C(C)=O)c1.CC(=O)c1cc(NC(=O)CCCCC(=O)Nc2cc(C(C)=O)cc(C(C)=O)c2)cc(C(C)=O)c1.O=C(Cl)CCCCC(=O)Cl. The number of benzene rings is 3. The van der Waals surface area contributed by atoms with Gasteiger partial charge in [0, 0.05) is 76.1 Å². The van der Waals surface area contributed by atoms with Gasteiger partial charge in [-0.25, -0.2) is 0 Å². The molecule has 0 aromatic heterocycles. The molecule has 0 saturated carbocycles. The highest BCUT2D eigenvalue weighted by molar-refractivity contribution is 6.63. The molecule has 0 saturated heterocycles. The molecule has 2 amide bonds. The number of unbranched alkanes of at least 4 members (excludes halogenated alkanes) is 2. The third-order valence-corrected chi connectivity index (χ3v) is 8.26. The van der Waals surface area contributed by atoms with E-state index in [0.29, 0.717) is 89.0 Å². The van der Waals surface area contributed by atoms with Crippen molar-refractivity contribution in [1.82, 2.24) is 0 Å². The van der Waals surface area contributed by atoms with E-state index in [0.717, 1.165) is 0 Å². The van der Waals surface area contributed by atoms with Crippen LogP contribution in [0.25, 0.3) is 0 Å². The average molecular weight is 825 g/mol. The lowest BCUT2D eigenvalue weighted by Crippen LogP contribution is -2.14. The van der Waals surface area contributed by atoms with Crippen molar-refractivity contribution in [2.45, 2.75) is 92.9 Å². The summed E-state index contributed by atoms with van der Waals surface area (Å²) in [6.07, 6.45) is 3.12. The van der Waals surface area contributed by atoms with Gasteiger partial charge in [-0.1, -0.05) is 0 Å². The van der Waals surface area contributed by atoms with E-state index in [2.05, 4.69) is 10.6 Å². The molecule has 57 heavy (non-hydrogen) atoms. The monoisotopic (exact) mass is 823 g/mol. The summed E-state index contributed by atoms with van der Waals surface area (Å²) in [5, 5.41) is 4.65. The molecule has 0 atom stereocenters. The topological polar surface area (TPSA) is 221 Å². The smallest absolute Gasteiger partial charge is 0.224 e. The van der Waals surface area contributed by atoms with Crippen molar-refractivity contribution in [2.24, 2.45) is 0 Å². The van der Waals surface area contributed by atoms with E-state index in [1.165, 1.54) is 77.9 Å². The summed E-state index contributed by atoms with van der Waals surface area (Å²) >= 11 is 10.1. The molecule has 4 N–H and O–H groups in total. The number of hydrogen-bond donors (Lipinski definition) is 3. The maximum Gasteiger partial charge on any atom is 0.224 e. The van der Waals surface area contributed by atoms with Crippen LogP contribution in [0.4, 0.5) is 17.1 Å². The van der Waals surface area contributed by atoms with Gasteiger partial charge in [-0.2, -0.15) is 0 Å². The van der Waals surface area contributed by atoms with Gasteiger partial charge in [-0.15, -0.1) is 0 Å². The van der Waals surface area contributed by atoms with Crippen LogP contribution in [0.3, 0.4) is 0 Å². The Kier molecular flexibility index (Phi) is 21.4. The van der Waals surface area contributed by atoms with Crippen LogP contribution in [-0.2, 0) is 19.2 Å². The first-order valence-corrected chi connectivity index (χ1v) is 18.6. The van der Waals surface area contributed by atoms with Crippen molar-refractivity contribution >= 4 is 97.3 Å². The van der Waals surface area contributed by atoms with Gasteiger partial charge < -0.3 is 16.4 Å². The summed E-state index contributed by atoms with van der Waals surface area (Å²) in [6.45, 7) is 8.41. The minimum absolute atomic E-state index is 0.0881. The van der Waals surface area contributed by atoms with Crippen LogP contribution in [0.1, 0.15) is 155 Å². The Balaban J connectivity index is 0.000000572. The predicted molar refractivity (Wildman–Crippen MR) is 220 cm³/mol. The lowest BCUT2D eigenvalue weighted by Gasteiger charge is -2.10. The molecule has 3 aromatic carbocycles. The van der Waals surface area contributed by atoms with E-state index in [1.54, 1.807) is 18.2 Å². The van der Waals surface area contributed by atoms with Crippen LogP contribution in [-0.4, -0.2) is 57.0 Å². The first kappa shape index (κ1) is 49.4. The molecule has 0 spiro atoms. The lowest BCUT2D eigenvalue weighted by molar-refractivity contribution is -0.118. The number of hydrogen-bond acceptors (Lipinski definition) is 11. The van der Waals surface area contributed by atoms with Crippen LogP contribution < -0.4 is 16.4 Å². The summed E-state index contributed by atoms with van der Waals surface area (Å²) in [7, 11) is 0. The molecular weight excluding hydrogens is 777 g/mol. The predicted octanol–water partition coefficient (Wildman–Crippen LogP) is 8.39. The Labute approximate surface area is 341 Å². The Morgan fingerprint density at radius 3 is 0.860 bits per heavy atom. The highest BCUT2D eigenvalue weighted by Gasteiger charge is 2.13. The van der Waals surface area contributed by atoms with Gasteiger partial charge in [-0.05, 0) is 145 Å². The number of halogens is 2. The van der Waals surface area contributed by atoms with Gasteiger partial charge in [0.2, 0.25) is 22.3 Å². The minimum atomic E-state index is -0.359. The second kappa shape index (κ2) is 24.8. The fourth-order valence-corrected chi connectivity index (χ4v) is 5.08. The van der Waals surface area contributed by atoms with Crippen LogP contribution in [0.2, 0.25) is 0 Å². The molecule has 0 aliphatic rings. The molecule has 0 aliphatic carbocycles. The zero-order chi connectivity index (χ0) is 43.4. The van der Waals surface area contributed by atoms with Crippen molar-refractivity contribution in [3.05, 3.63) is 88.0 Å². The third-order valence-electron chi connectivity index (χ3n) is 7.88. The third kappa shape index (κ3) is 20.2. The number of anilines is 3. The Morgan fingerprint density at radius 1 is 0.404 bits per heavy atom. The van der Waals surface area contributed by atoms with Gasteiger partial charge in [0.15, 0.2) is 34.7 Å². The van der Waals surface area contributed by atoms with Gasteiger partial charge in [0.05, 0.1) is 0 Å². The van der Waals surface area contributed by atoms with Gasteiger partial charge in [0.1, 0.15) is 0 Å². The number of Topliss-reactive ketones (excluding diaryl/α,β-unsaturated/α-hetero) is 6. The zero-order valence-electron chi connectivity index (χ0n) is 32.8. The second-order valence-electron chi connectivity index (χ2n) is 13.0. The molecular formula is C42H47Cl2N3O10. The number of carbonyl (C=O) groups excluding carboxylic acids is 10. The summed E-state index contributed by atoms with van der Waals surface area (Å²) in [4.78, 5) is 114. The first-order chi connectivity index (χ1) is 26.6. The second-order valence-corrected chi connectivity index (χ2v) is 13.8. The van der Waals surface area contributed by atoms with E-state index in [4.69, 9.17) is 28.9 Å². The number of ketones is 6. The molecule has 0 aliphatic heterocycles. The lowest BCUT2D eigenvalue weighted by atomic mass is 10.0. The standard InChI is InChI=1S/C26H28N2O6.C10H11NO2.C6H8Cl2O2/c1-15(29)19-9-20(16(2)30)12-23(11-19)27-25(33)7-5-6-8-26(34)28-24-13-21(17(3)31)10-22(14-24)18(4)32;1-6(12)8-3-9(7(2)13)5-10(11)4-8;7-5(9)3-1-2-4-6(8)10/h9-14H,5-8H2,1-4H3,(H,27,33)(H,28,34);3-5H,11H2,1-2H3;1-4H2. The van der Waals surface area contributed by atoms with Crippen LogP contribution in [0.15, 0.2) is 54.6 Å². The molecule has 0 unspecified atom stereocenters. The van der Waals surface area contributed by atoms with Gasteiger partial charge >= 0.3 is 0 Å². The maximum atomic E-state index is 12.3. The minimum Gasteiger partial charge on any atom is -0.399 e. The van der Waals surface area contributed by atoms with Crippen molar-refractivity contribution in [3.8, 4) is 0 Å². The Bertz CT molecular complexity index is 1840. The van der Waals surface area contributed by atoms with E-state index in [-0.39, 0.29) is 69.8 Å². The fourth-order valence-electron chi connectivity index (χ4n) is 4.82. The largest absolute Gasteiger partial charge is 0.399 e.